The van der Waals surface area contributed by atoms with Crippen LogP contribution >= 0.6 is 11.6 Å². The smallest absolute Gasteiger partial charge is 0.328 e. The van der Waals surface area contributed by atoms with E-state index in [-0.39, 0.29) is 65.0 Å². The van der Waals surface area contributed by atoms with Crippen molar-refractivity contribution in [2.24, 2.45) is 17.3 Å². The summed E-state index contributed by atoms with van der Waals surface area (Å²) in [6.45, 7) is 10.8. The Morgan fingerprint density at radius 1 is 0.971 bits per heavy atom. The number of amides is 5. The molecule has 4 saturated heterocycles. The van der Waals surface area contributed by atoms with Gasteiger partial charge in [0.25, 0.3) is 18.2 Å². The van der Waals surface area contributed by atoms with Gasteiger partial charge in [0, 0.05) is 76.7 Å². The molecule has 1 spiro atoms. The number of aromatic nitrogens is 5. The number of halogens is 3. The maximum absolute atomic E-state index is 14.4. The lowest BCUT2D eigenvalue weighted by atomic mass is 9.65. The van der Waals surface area contributed by atoms with Crippen molar-refractivity contribution in [1.29, 1.82) is 0 Å². The van der Waals surface area contributed by atoms with Crippen molar-refractivity contribution in [2.45, 2.75) is 109 Å². The van der Waals surface area contributed by atoms with Crippen LogP contribution < -0.4 is 20.4 Å². The Labute approximate surface area is 398 Å². The zero-order valence-electron chi connectivity index (χ0n) is 38.9. The van der Waals surface area contributed by atoms with E-state index < -0.39 is 29.7 Å². The molecule has 68 heavy (non-hydrogen) atoms. The summed E-state index contributed by atoms with van der Waals surface area (Å²) in [6, 6.07) is 6.09. The molecule has 2 N–H and O–H groups in total. The summed E-state index contributed by atoms with van der Waals surface area (Å²) >= 11 is 6.43. The van der Waals surface area contributed by atoms with Gasteiger partial charge in [0.2, 0.25) is 5.91 Å². The maximum atomic E-state index is 14.4. The van der Waals surface area contributed by atoms with Crippen LogP contribution in [0.25, 0.3) is 5.65 Å². The zero-order valence-corrected chi connectivity index (χ0v) is 39.7. The summed E-state index contributed by atoms with van der Waals surface area (Å²) in [5.74, 6) is -0.493. The number of nitrogens with zero attached hydrogens (tertiary/aromatic N) is 9. The molecule has 20 heteroatoms. The highest BCUT2D eigenvalue weighted by molar-refractivity contribution is 6.34. The molecule has 1 saturated carbocycles. The van der Waals surface area contributed by atoms with E-state index in [1.165, 1.54) is 21.8 Å². The molecular formula is C48H60ClF2N11O6. The van der Waals surface area contributed by atoms with Crippen molar-refractivity contribution in [3.8, 4) is 0 Å². The van der Waals surface area contributed by atoms with Gasteiger partial charge in [0.1, 0.15) is 17.0 Å². The van der Waals surface area contributed by atoms with E-state index in [1.54, 1.807) is 35.1 Å². The molecule has 1 atom stereocenters. The maximum Gasteiger partial charge on any atom is 0.328 e. The molecule has 9 rings (SSSR count). The third-order valence-corrected chi connectivity index (χ3v) is 14.9. The standard InChI is InChI=1S/C48H60ClF2N11O6/c1-47(2,3)68-45(66)32-5-4-18-59(28-32)38-12-22-61-42(54-38)34(26-52-61)43(64)53-36-29-62(56-40(36)41(50)51)33-10-19-57(20-11-33)27-30-8-14-48(15-9-30)16-23-58(24-17-48)44(65)31-6-7-35(49)37(25-31)60-21-13-39(63)55-46(60)67/h6-7,12,22,25-26,29-30,32-33,41H,4-5,8-11,13-21,23-24,27-28H2,1-3H3,(H,53,64)(H,55,63,67)/t32-/m0/s1. The van der Waals surface area contributed by atoms with Crippen LogP contribution in [0.15, 0.2) is 42.9 Å². The number of piperidine rings is 3. The van der Waals surface area contributed by atoms with E-state index >= 15 is 0 Å². The molecule has 364 valence electrons. The molecule has 0 bridgehead atoms. The van der Waals surface area contributed by atoms with Crippen LogP contribution in [0.1, 0.15) is 130 Å². The number of hydrogen-bond acceptors (Lipinski definition) is 11. The largest absolute Gasteiger partial charge is 0.460 e. The molecule has 1 aliphatic carbocycles. The highest BCUT2D eigenvalue weighted by Gasteiger charge is 2.40. The van der Waals surface area contributed by atoms with Gasteiger partial charge < -0.3 is 24.8 Å². The van der Waals surface area contributed by atoms with Gasteiger partial charge in [-0.3, -0.25) is 34.1 Å². The van der Waals surface area contributed by atoms with Gasteiger partial charge in [-0.05, 0) is 121 Å². The summed E-state index contributed by atoms with van der Waals surface area (Å²) in [4.78, 5) is 76.9. The minimum absolute atomic E-state index is 0.0485. The first-order valence-electron chi connectivity index (χ1n) is 23.9. The number of anilines is 3. The molecule has 4 aromatic rings. The van der Waals surface area contributed by atoms with E-state index in [9.17, 15) is 32.8 Å². The minimum atomic E-state index is -2.90. The molecule has 1 aromatic carbocycles. The van der Waals surface area contributed by atoms with E-state index in [4.69, 9.17) is 21.3 Å². The SMILES string of the molecule is CC(C)(C)OC(=O)[C@H]1CCCN(c2ccn3ncc(C(=O)Nc4cn(C5CCN(CC6CCC7(CC6)CCN(C(=O)c6ccc(Cl)c(N8CCC(=O)NC8=O)c6)CC7)CC5)nc4C(F)F)c3n2)C1. The topological polar surface area (TPSA) is 180 Å². The van der Waals surface area contributed by atoms with Crippen LogP contribution in [-0.2, 0) is 14.3 Å². The number of carbonyl (C=O) groups excluding carboxylic acids is 5. The monoisotopic (exact) mass is 959 g/mol. The van der Waals surface area contributed by atoms with Crippen molar-refractivity contribution in [3.63, 3.8) is 0 Å². The minimum Gasteiger partial charge on any atom is -0.460 e. The van der Waals surface area contributed by atoms with Gasteiger partial charge in [-0.15, -0.1) is 0 Å². The predicted molar refractivity (Wildman–Crippen MR) is 250 cm³/mol. The third-order valence-electron chi connectivity index (χ3n) is 14.6. The van der Waals surface area contributed by atoms with Crippen molar-refractivity contribution < 1.29 is 37.5 Å². The van der Waals surface area contributed by atoms with E-state index in [0.29, 0.717) is 60.6 Å². The summed E-state index contributed by atoms with van der Waals surface area (Å²) in [7, 11) is 0. The second-order valence-corrected chi connectivity index (χ2v) is 20.7. The fourth-order valence-corrected chi connectivity index (χ4v) is 10.9. The van der Waals surface area contributed by atoms with Gasteiger partial charge in [0.05, 0.1) is 34.6 Å². The number of alkyl halides is 2. The molecule has 5 fully saturated rings. The third kappa shape index (κ3) is 10.3. The van der Waals surface area contributed by atoms with Crippen molar-refractivity contribution in [1.82, 2.24) is 39.5 Å². The van der Waals surface area contributed by atoms with E-state index in [1.807, 2.05) is 30.6 Å². The molecule has 0 radical (unpaired) electrons. The Balaban J connectivity index is 0.752. The molecule has 4 aliphatic heterocycles. The van der Waals surface area contributed by atoms with Crippen LogP contribution in [0.2, 0.25) is 5.02 Å². The van der Waals surface area contributed by atoms with Crippen LogP contribution in [0.3, 0.4) is 0 Å². The average molecular weight is 961 g/mol. The number of rotatable bonds is 10. The molecule has 3 aromatic heterocycles. The molecule has 7 heterocycles. The van der Waals surface area contributed by atoms with Crippen molar-refractivity contribution >= 4 is 64.2 Å². The number of imide groups is 1. The summed E-state index contributed by atoms with van der Waals surface area (Å²) < 4.78 is 37.6. The van der Waals surface area contributed by atoms with E-state index in [2.05, 4.69) is 25.7 Å². The Morgan fingerprint density at radius 3 is 2.43 bits per heavy atom. The molecule has 17 nitrogen and oxygen atoms in total. The van der Waals surface area contributed by atoms with Crippen molar-refractivity contribution in [3.05, 3.63) is 64.7 Å². The quantitative estimate of drug-likeness (QED) is 0.150. The Hall–Kier alpha value is -5.69. The molecule has 0 unspecified atom stereocenters. The van der Waals surface area contributed by atoms with Gasteiger partial charge in [0.15, 0.2) is 11.3 Å². The van der Waals surface area contributed by atoms with Gasteiger partial charge >= 0.3 is 12.0 Å². The Kier molecular flexibility index (Phi) is 13.5. The Morgan fingerprint density at radius 2 is 1.72 bits per heavy atom. The van der Waals surface area contributed by atoms with Crippen LogP contribution in [0.5, 0.6) is 0 Å². The summed E-state index contributed by atoms with van der Waals surface area (Å²) in [5.41, 5.74) is 0.352. The average Bonchev–Trinajstić information content (AvgIpc) is 3.95. The molecule has 5 aliphatic rings. The normalized spacial score (nSPS) is 21.2. The highest BCUT2D eigenvalue weighted by Crippen LogP contribution is 2.47. The van der Waals surface area contributed by atoms with Crippen LogP contribution in [0.4, 0.5) is 30.8 Å². The lowest BCUT2D eigenvalue weighted by Gasteiger charge is -2.47. The molecule has 5 amide bonds. The fourth-order valence-electron chi connectivity index (χ4n) is 10.7. The lowest BCUT2D eigenvalue weighted by Crippen LogP contribution is -2.49. The summed E-state index contributed by atoms with van der Waals surface area (Å²) in [6.07, 6.45) is 11.1. The number of hydrogen-bond donors (Lipinski definition) is 2. The van der Waals surface area contributed by atoms with Crippen molar-refractivity contribution in [2.75, 3.05) is 67.5 Å². The summed E-state index contributed by atoms with van der Waals surface area (Å²) in [5, 5.41) is 13.9. The van der Waals surface area contributed by atoms with Crippen LogP contribution in [-0.4, -0.2) is 122 Å². The number of nitrogens with one attached hydrogen (secondary N) is 2. The number of likely N-dealkylation sites (tertiary alicyclic amines) is 2. The van der Waals surface area contributed by atoms with E-state index in [0.717, 1.165) is 77.4 Å². The second-order valence-electron chi connectivity index (χ2n) is 20.3. The second kappa shape index (κ2) is 19.4. The van der Waals surface area contributed by atoms with Crippen LogP contribution in [0, 0.1) is 17.3 Å². The lowest BCUT2D eigenvalue weighted by molar-refractivity contribution is -0.160. The first-order chi connectivity index (χ1) is 32.5. The number of benzene rings is 1. The Bertz CT molecular complexity index is 2550. The fraction of sp³-hybridized carbons (Fsp3) is 0.583. The number of fused-ring (bicyclic) bond motifs is 1. The first-order valence-corrected chi connectivity index (χ1v) is 24.3. The number of urea groups is 1. The number of ether oxygens (including phenoxy) is 1. The highest BCUT2D eigenvalue weighted by atomic mass is 35.5. The predicted octanol–water partition coefficient (Wildman–Crippen LogP) is 7.52. The first kappa shape index (κ1) is 47.4. The zero-order chi connectivity index (χ0) is 47.9. The molecular weight excluding hydrogens is 900 g/mol. The van der Waals surface area contributed by atoms with Gasteiger partial charge in [-0.25, -0.2) is 23.1 Å². The number of esters is 1. The number of carbonyl (C=O) groups is 5. The van der Waals surface area contributed by atoms with Gasteiger partial charge in [-0.1, -0.05) is 11.6 Å². The van der Waals surface area contributed by atoms with Gasteiger partial charge in [-0.2, -0.15) is 10.2 Å².